The highest BCUT2D eigenvalue weighted by molar-refractivity contribution is 5.82. The van der Waals surface area contributed by atoms with Gasteiger partial charge in [-0.2, -0.15) is 0 Å². The van der Waals surface area contributed by atoms with E-state index in [-0.39, 0.29) is 6.54 Å². The summed E-state index contributed by atoms with van der Waals surface area (Å²) in [5.41, 5.74) is 0.969. The number of carbonyl (C=O) groups excluding carboxylic acids is 1. The third-order valence-electron chi connectivity index (χ3n) is 2.10. The van der Waals surface area contributed by atoms with Crippen LogP contribution < -0.4 is 10.1 Å². The average Bonchev–Trinajstić information content (AvgIpc) is 2.73. The number of ether oxygens (including phenoxy) is 1. The number of alkyl halides is 1. The van der Waals surface area contributed by atoms with Crippen molar-refractivity contribution in [3.8, 4) is 5.75 Å². The van der Waals surface area contributed by atoms with Crippen molar-refractivity contribution in [2.75, 3.05) is 13.2 Å². The van der Waals surface area contributed by atoms with Crippen LogP contribution in [0.2, 0.25) is 0 Å². The number of hydrogen-bond donors (Lipinski definition) is 2. The lowest BCUT2D eigenvalue weighted by atomic mass is 10.2. The number of aromatic nitrogens is 1. The number of benzene rings is 1. The molecule has 0 unspecified atom stereocenters. The predicted molar refractivity (Wildman–Crippen MR) is 58.3 cm³/mol. The number of fused-ring (bicyclic) bond motifs is 1. The van der Waals surface area contributed by atoms with Gasteiger partial charge in [-0.3, -0.25) is 0 Å². The fourth-order valence-electron chi connectivity index (χ4n) is 1.39. The third-order valence-corrected chi connectivity index (χ3v) is 2.10. The molecule has 0 aliphatic carbocycles. The van der Waals surface area contributed by atoms with E-state index in [4.69, 9.17) is 4.74 Å². The maximum absolute atomic E-state index is 11.8. The van der Waals surface area contributed by atoms with E-state index in [0.717, 1.165) is 10.9 Å². The first-order valence-electron chi connectivity index (χ1n) is 4.88. The summed E-state index contributed by atoms with van der Waals surface area (Å²) in [6.07, 6.45) is 1.16. The minimum absolute atomic E-state index is 0.0365. The van der Waals surface area contributed by atoms with Gasteiger partial charge in [0.1, 0.15) is 12.4 Å². The molecule has 0 atom stereocenters. The molecule has 0 aliphatic heterocycles. The van der Waals surface area contributed by atoms with Gasteiger partial charge in [-0.1, -0.05) is 0 Å². The molecule has 5 heteroatoms. The Morgan fingerprint density at radius 2 is 2.31 bits per heavy atom. The fraction of sp³-hybridized carbons (Fsp3) is 0.182. The number of rotatable bonds is 3. The number of halogens is 1. The van der Waals surface area contributed by atoms with Crippen LogP contribution in [0, 0.1) is 0 Å². The molecule has 16 heavy (non-hydrogen) atoms. The normalized spacial score (nSPS) is 10.3. The number of H-pyrrole nitrogens is 1. The average molecular weight is 222 g/mol. The van der Waals surface area contributed by atoms with Gasteiger partial charge in [0, 0.05) is 23.6 Å². The summed E-state index contributed by atoms with van der Waals surface area (Å²) in [7, 11) is 0. The Bertz CT molecular complexity index is 495. The minimum Gasteiger partial charge on any atom is -0.410 e. The molecule has 0 radical (unpaired) electrons. The van der Waals surface area contributed by atoms with Crippen molar-refractivity contribution < 1.29 is 13.9 Å². The summed E-state index contributed by atoms with van der Waals surface area (Å²) >= 11 is 0. The van der Waals surface area contributed by atoms with E-state index in [1.54, 1.807) is 18.3 Å². The fourth-order valence-corrected chi connectivity index (χ4v) is 1.39. The van der Waals surface area contributed by atoms with Crippen molar-refractivity contribution in [3.63, 3.8) is 0 Å². The molecule has 0 saturated carbocycles. The zero-order valence-corrected chi connectivity index (χ0v) is 8.50. The van der Waals surface area contributed by atoms with Crippen LogP contribution in [0.5, 0.6) is 5.75 Å². The van der Waals surface area contributed by atoms with Crippen LogP contribution in [-0.4, -0.2) is 24.3 Å². The first kappa shape index (κ1) is 10.5. The number of hydrogen-bond acceptors (Lipinski definition) is 2. The van der Waals surface area contributed by atoms with Crippen LogP contribution in [0.15, 0.2) is 30.5 Å². The lowest BCUT2D eigenvalue weighted by molar-refractivity contribution is 0.199. The summed E-state index contributed by atoms with van der Waals surface area (Å²) in [5, 5.41) is 3.23. The van der Waals surface area contributed by atoms with Crippen molar-refractivity contribution in [2.45, 2.75) is 0 Å². The lowest BCUT2D eigenvalue weighted by Crippen LogP contribution is -2.28. The van der Waals surface area contributed by atoms with E-state index in [1.165, 1.54) is 0 Å². The first-order chi connectivity index (χ1) is 7.79. The first-order valence-corrected chi connectivity index (χ1v) is 4.88. The molecule has 2 rings (SSSR count). The minimum atomic E-state index is -0.646. The van der Waals surface area contributed by atoms with Gasteiger partial charge in [0.2, 0.25) is 0 Å². The van der Waals surface area contributed by atoms with E-state index in [0.29, 0.717) is 5.75 Å². The van der Waals surface area contributed by atoms with Crippen LogP contribution in [-0.2, 0) is 0 Å². The van der Waals surface area contributed by atoms with E-state index >= 15 is 0 Å². The van der Waals surface area contributed by atoms with Crippen molar-refractivity contribution >= 4 is 17.0 Å². The van der Waals surface area contributed by atoms with E-state index in [1.807, 2.05) is 12.1 Å². The summed E-state index contributed by atoms with van der Waals surface area (Å²) < 4.78 is 16.7. The smallest absolute Gasteiger partial charge is 0.410 e. The highest BCUT2D eigenvalue weighted by Crippen LogP contribution is 2.19. The van der Waals surface area contributed by atoms with Gasteiger partial charge in [0.25, 0.3) is 0 Å². The lowest BCUT2D eigenvalue weighted by Gasteiger charge is -2.04. The Morgan fingerprint density at radius 1 is 1.44 bits per heavy atom. The van der Waals surface area contributed by atoms with Gasteiger partial charge in [-0.05, 0) is 24.3 Å². The number of amides is 1. The van der Waals surface area contributed by atoms with Crippen LogP contribution >= 0.6 is 0 Å². The van der Waals surface area contributed by atoms with Crippen LogP contribution in [0.3, 0.4) is 0 Å². The summed E-state index contributed by atoms with van der Waals surface area (Å²) in [6.45, 7) is -0.642. The van der Waals surface area contributed by atoms with E-state index < -0.39 is 12.8 Å². The van der Waals surface area contributed by atoms with Crippen LogP contribution in [0.1, 0.15) is 0 Å². The standard InChI is InChI=1S/C11H11FN2O2/c12-4-6-14-11(15)16-9-1-2-10-8(7-9)3-5-13-10/h1-3,5,7,13H,4,6H2,(H,14,15). The molecule has 0 aliphatic rings. The quantitative estimate of drug-likeness (QED) is 0.836. The summed E-state index contributed by atoms with van der Waals surface area (Å²) in [6, 6.07) is 7.10. The molecule has 1 amide bonds. The van der Waals surface area contributed by atoms with Gasteiger partial charge in [0.15, 0.2) is 0 Å². The zero-order valence-electron chi connectivity index (χ0n) is 8.50. The molecular weight excluding hydrogens is 211 g/mol. The molecule has 2 aromatic rings. The Kier molecular flexibility index (Phi) is 3.05. The Hall–Kier alpha value is -2.04. The van der Waals surface area contributed by atoms with Crippen molar-refractivity contribution in [1.29, 1.82) is 0 Å². The third kappa shape index (κ3) is 2.31. The van der Waals surface area contributed by atoms with Crippen LogP contribution in [0.25, 0.3) is 10.9 Å². The number of aromatic amines is 1. The second kappa shape index (κ2) is 4.65. The topological polar surface area (TPSA) is 54.1 Å². The second-order valence-corrected chi connectivity index (χ2v) is 3.23. The number of carbonyl (C=O) groups is 1. The highest BCUT2D eigenvalue weighted by Gasteiger charge is 2.04. The largest absolute Gasteiger partial charge is 0.412 e. The SMILES string of the molecule is O=C(NCCF)Oc1ccc2[nH]ccc2c1. The van der Waals surface area contributed by atoms with Gasteiger partial charge in [-0.15, -0.1) is 0 Å². The van der Waals surface area contributed by atoms with Gasteiger partial charge in [-0.25, -0.2) is 9.18 Å². The molecule has 0 fully saturated rings. The van der Waals surface area contributed by atoms with Gasteiger partial charge < -0.3 is 15.0 Å². The zero-order chi connectivity index (χ0) is 11.4. The molecule has 0 spiro atoms. The molecule has 0 bridgehead atoms. The van der Waals surface area contributed by atoms with Crippen LogP contribution in [0.4, 0.5) is 9.18 Å². The predicted octanol–water partition coefficient (Wildman–Crippen LogP) is 2.23. The van der Waals surface area contributed by atoms with Gasteiger partial charge >= 0.3 is 6.09 Å². The summed E-state index contributed by atoms with van der Waals surface area (Å²) in [5.74, 6) is 0.434. The van der Waals surface area contributed by atoms with Gasteiger partial charge in [0.05, 0.1) is 0 Å². The highest BCUT2D eigenvalue weighted by atomic mass is 19.1. The molecule has 1 aromatic carbocycles. The Balaban J connectivity index is 2.06. The maximum atomic E-state index is 11.8. The number of nitrogens with one attached hydrogen (secondary N) is 2. The molecule has 1 aromatic heterocycles. The molecule has 84 valence electrons. The molecule has 2 N–H and O–H groups in total. The summed E-state index contributed by atoms with van der Waals surface area (Å²) in [4.78, 5) is 14.2. The Morgan fingerprint density at radius 3 is 3.12 bits per heavy atom. The Labute approximate surface area is 91.4 Å². The van der Waals surface area contributed by atoms with Crippen molar-refractivity contribution in [1.82, 2.24) is 10.3 Å². The second-order valence-electron chi connectivity index (χ2n) is 3.23. The molecular formula is C11H11FN2O2. The maximum Gasteiger partial charge on any atom is 0.412 e. The monoisotopic (exact) mass is 222 g/mol. The molecule has 1 heterocycles. The van der Waals surface area contributed by atoms with E-state index in [9.17, 15) is 9.18 Å². The van der Waals surface area contributed by atoms with Crippen molar-refractivity contribution in [3.05, 3.63) is 30.5 Å². The van der Waals surface area contributed by atoms with Crippen molar-refractivity contribution in [2.24, 2.45) is 0 Å². The van der Waals surface area contributed by atoms with E-state index in [2.05, 4.69) is 10.3 Å². The molecule has 4 nitrogen and oxygen atoms in total. The molecule has 0 saturated heterocycles.